The van der Waals surface area contributed by atoms with E-state index in [4.69, 9.17) is 0 Å². The summed E-state index contributed by atoms with van der Waals surface area (Å²) in [4.78, 5) is 34.6. The molecular weight excluding hydrogens is 424 g/mol. The highest BCUT2D eigenvalue weighted by Crippen LogP contribution is 2.36. The first-order valence-electron chi connectivity index (χ1n) is 11.2. The van der Waals surface area contributed by atoms with Crippen molar-refractivity contribution in [3.63, 3.8) is 0 Å². The van der Waals surface area contributed by atoms with Gasteiger partial charge in [-0.2, -0.15) is 5.10 Å². The summed E-state index contributed by atoms with van der Waals surface area (Å²) < 4.78 is 0. The molecule has 0 saturated carbocycles. The molecule has 1 aromatic carbocycles. The molecule has 9 heteroatoms. The Bertz CT molecular complexity index is 1010. The van der Waals surface area contributed by atoms with Crippen LogP contribution in [0.15, 0.2) is 46.9 Å². The molecule has 0 aliphatic carbocycles. The summed E-state index contributed by atoms with van der Waals surface area (Å²) >= 11 is 1.46. The van der Waals surface area contributed by atoms with Crippen molar-refractivity contribution in [1.82, 2.24) is 20.1 Å². The summed E-state index contributed by atoms with van der Waals surface area (Å²) in [5, 5.41) is 6.43. The predicted octanol–water partition coefficient (Wildman–Crippen LogP) is 2.36. The fraction of sp³-hybridized carbons (Fsp3) is 0.435. The zero-order valence-electron chi connectivity index (χ0n) is 18.2. The predicted molar refractivity (Wildman–Crippen MR) is 125 cm³/mol. The summed E-state index contributed by atoms with van der Waals surface area (Å²) in [6, 6.07) is 12.4. The third-order valence-electron chi connectivity index (χ3n) is 6.36. The lowest BCUT2D eigenvalue weighted by Crippen LogP contribution is -2.58. The summed E-state index contributed by atoms with van der Waals surface area (Å²) in [7, 11) is 0. The van der Waals surface area contributed by atoms with Gasteiger partial charge in [-0.3, -0.25) is 29.7 Å². The van der Waals surface area contributed by atoms with Crippen LogP contribution < -0.4 is 10.3 Å². The Labute approximate surface area is 192 Å². The molecule has 5 rings (SSSR count). The van der Waals surface area contributed by atoms with Crippen LogP contribution in [-0.4, -0.2) is 71.4 Å². The minimum Gasteiger partial charge on any atom is -0.340 e. The topological polar surface area (TPSA) is 71.5 Å². The maximum atomic E-state index is 12.9. The normalized spacial score (nSPS) is 20.7. The second-order valence-corrected chi connectivity index (χ2v) is 9.19. The number of hydrazone groups is 1. The molecular formula is C23H28N6O2S. The van der Waals surface area contributed by atoms with Gasteiger partial charge in [-0.15, -0.1) is 11.3 Å². The largest absolute Gasteiger partial charge is 0.340 e. The molecule has 3 aliphatic rings. The lowest BCUT2D eigenvalue weighted by Gasteiger charge is -2.39. The number of hydrogen-bond acceptors (Lipinski definition) is 7. The minimum atomic E-state index is -0.304. The average molecular weight is 453 g/mol. The van der Waals surface area contributed by atoms with Crippen LogP contribution in [0.5, 0.6) is 0 Å². The molecule has 168 valence electrons. The highest BCUT2D eigenvalue weighted by Gasteiger charge is 2.42. The molecule has 1 atom stereocenters. The Hall–Kier alpha value is -2.91. The molecule has 32 heavy (non-hydrogen) atoms. The summed E-state index contributed by atoms with van der Waals surface area (Å²) in [6.45, 7) is 6.79. The van der Waals surface area contributed by atoms with Crippen molar-refractivity contribution in [2.75, 3.05) is 37.6 Å². The van der Waals surface area contributed by atoms with Crippen LogP contribution in [0, 0.1) is 0 Å². The van der Waals surface area contributed by atoms with Gasteiger partial charge in [-0.1, -0.05) is 30.3 Å². The van der Waals surface area contributed by atoms with E-state index in [1.807, 2.05) is 29.3 Å². The van der Waals surface area contributed by atoms with Gasteiger partial charge < -0.3 is 4.90 Å². The number of rotatable bonds is 6. The number of anilines is 1. The standard InChI is InChI=1S/C23H28N6O2S/c1-2-28-22(31)21-18(10-15-32-21)29-19(24-25-23(28)29)8-9-20(30)27-13-11-26(12-14-27)16-17-6-4-3-5-7-17/h3-7,10,15,23,25H,2,8-9,11-14,16H2,1H3. The zero-order valence-corrected chi connectivity index (χ0v) is 19.1. The molecule has 3 aliphatic heterocycles. The number of carbonyl (C=O) groups is 2. The Kier molecular flexibility index (Phi) is 5.84. The average Bonchev–Trinajstić information content (AvgIpc) is 3.46. The molecule has 1 N–H and O–H groups in total. The van der Waals surface area contributed by atoms with Crippen molar-refractivity contribution in [3.8, 4) is 0 Å². The molecule has 2 amide bonds. The Morgan fingerprint density at radius 3 is 2.69 bits per heavy atom. The SMILES string of the molecule is CCN1C(=O)c2sccc2N2C(CCC(=O)N3CCN(Cc4ccccc4)CC3)=NNC12. The van der Waals surface area contributed by atoms with Crippen molar-refractivity contribution in [2.45, 2.75) is 32.6 Å². The monoisotopic (exact) mass is 452 g/mol. The fourth-order valence-electron chi connectivity index (χ4n) is 4.63. The zero-order chi connectivity index (χ0) is 22.1. The fourth-order valence-corrected chi connectivity index (χ4v) is 5.46. The van der Waals surface area contributed by atoms with Crippen molar-refractivity contribution >= 4 is 34.7 Å². The van der Waals surface area contributed by atoms with Crippen LogP contribution in [0.1, 0.15) is 35.0 Å². The molecule has 0 bridgehead atoms. The lowest BCUT2D eigenvalue weighted by molar-refractivity contribution is -0.132. The van der Waals surface area contributed by atoms with Crippen LogP contribution in [0.2, 0.25) is 0 Å². The number of fused-ring (bicyclic) bond motifs is 3. The molecule has 4 heterocycles. The molecule has 1 unspecified atom stereocenters. The molecule has 1 aromatic heterocycles. The van der Waals surface area contributed by atoms with Gasteiger partial charge in [-0.25, -0.2) is 0 Å². The van der Waals surface area contributed by atoms with E-state index in [0.29, 0.717) is 19.4 Å². The summed E-state index contributed by atoms with van der Waals surface area (Å²) in [6.07, 6.45) is 0.663. The van der Waals surface area contributed by atoms with Crippen LogP contribution in [0.4, 0.5) is 5.69 Å². The van der Waals surface area contributed by atoms with Crippen molar-refractivity contribution < 1.29 is 9.59 Å². The number of amidine groups is 1. The smallest absolute Gasteiger partial charge is 0.269 e. The van der Waals surface area contributed by atoms with Crippen LogP contribution in [-0.2, 0) is 11.3 Å². The number of piperazine rings is 1. The van der Waals surface area contributed by atoms with Crippen LogP contribution in [0.3, 0.4) is 0 Å². The van der Waals surface area contributed by atoms with E-state index < -0.39 is 0 Å². The quantitative estimate of drug-likeness (QED) is 0.729. The van der Waals surface area contributed by atoms with Gasteiger partial charge in [-0.05, 0) is 23.9 Å². The van der Waals surface area contributed by atoms with E-state index in [1.54, 1.807) is 4.90 Å². The third-order valence-corrected chi connectivity index (χ3v) is 7.25. The van der Waals surface area contributed by atoms with E-state index in [0.717, 1.165) is 49.1 Å². The maximum absolute atomic E-state index is 12.9. The van der Waals surface area contributed by atoms with Crippen molar-refractivity contribution in [2.24, 2.45) is 5.10 Å². The third kappa shape index (κ3) is 3.86. The summed E-state index contributed by atoms with van der Waals surface area (Å²) in [5.74, 6) is 1.02. The first-order chi connectivity index (χ1) is 15.7. The van der Waals surface area contributed by atoms with Gasteiger partial charge in [0.05, 0.1) is 5.69 Å². The van der Waals surface area contributed by atoms with E-state index in [9.17, 15) is 9.59 Å². The van der Waals surface area contributed by atoms with Gasteiger partial charge >= 0.3 is 0 Å². The first kappa shape index (κ1) is 21.0. The number of thiophene rings is 1. The minimum absolute atomic E-state index is 0.0344. The molecule has 0 radical (unpaired) electrons. The number of nitrogens with zero attached hydrogens (tertiary/aromatic N) is 5. The highest BCUT2D eigenvalue weighted by molar-refractivity contribution is 7.12. The Morgan fingerprint density at radius 1 is 1.16 bits per heavy atom. The number of hydrogen-bond donors (Lipinski definition) is 1. The Morgan fingerprint density at radius 2 is 1.94 bits per heavy atom. The second kappa shape index (κ2) is 8.91. The van der Waals surface area contributed by atoms with E-state index in [2.05, 4.69) is 44.6 Å². The van der Waals surface area contributed by atoms with Crippen LogP contribution in [0.25, 0.3) is 0 Å². The van der Waals surface area contributed by atoms with Gasteiger partial charge in [0.15, 0.2) is 0 Å². The lowest BCUT2D eigenvalue weighted by atomic mass is 10.1. The number of nitrogens with one attached hydrogen (secondary N) is 1. The first-order valence-corrected chi connectivity index (χ1v) is 12.1. The molecule has 1 fully saturated rings. The molecule has 2 aromatic rings. The van der Waals surface area contributed by atoms with E-state index in [-0.39, 0.29) is 18.1 Å². The molecule has 1 saturated heterocycles. The van der Waals surface area contributed by atoms with E-state index >= 15 is 0 Å². The van der Waals surface area contributed by atoms with Gasteiger partial charge in [0.1, 0.15) is 10.7 Å². The highest BCUT2D eigenvalue weighted by atomic mass is 32.1. The van der Waals surface area contributed by atoms with Crippen molar-refractivity contribution in [1.29, 1.82) is 0 Å². The number of benzene rings is 1. The van der Waals surface area contributed by atoms with Crippen molar-refractivity contribution in [3.05, 3.63) is 52.2 Å². The van der Waals surface area contributed by atoms with Gasteiger partial charge in [0.2, 0.25) is 12.2 Å². The maximum Gasteiger partial charge on any atom is 0.269 e. The number of amides is 2. The Balaban J connectivity index is 1.16. The van der Waals surface area contributed by atoms with E-state index in [1.165, 1.54) is 16.9 Å². The molecule has 8 nitrogen and oxygen atoms in total. The second-order valence-electron chi connectivity index (χ2n) is 8.27. The number of carbonyl (C=O) groups excluding carboxylic acids is 2. The van der Waals surface area contributed by atoms with Gasteiger partial charge in [0, 0.05) is 52.1 Å². The van der Waals surface area contributed by atoms with Gasteiger partial charge in [0.25, 0.3) is 5.91 Å². The van der Waals surface area contributed by atoms with Crippen LogP contribution >= 0.6 is 11.3 Å². The summed E-state index contributed by atoms with van der Waals surface area (Å²) in [5.41, 5.74) is 5.29. The molecule has 0 spiro atoms.